The number of para-hydroxylation sites is 1. The number of pyridine rings is 1. The Labute approximate surface area is 165 Å². The van der Waals surface area contributed by atoms with E-state index in [-0.39, 0.29) is 5.56 Å². The smallest absolute Gasteiger partial charge is 0.255 e. The van der Waals surface area contributed by atoms with Gasteiger partial charge in [0.2, 0.25) is 11.8 Å². The molecule has 0 atom stereocenters. The molecular formula is C20H17ClN4O3. The fourth-order valence-corrected chi connectivity index (χ4v) is 2.99. The third-order valence-corrected chi connectivity index (χ3v) is 4.32. The molecule has 3 aromatic rings. The number of benzene rings is 2. The zero-order chi connectivity index (χ0) is 20.3. The van der Waals surface area contributed by atoms with Gasteiger partial charge < -0.3 is 16.4 Å². The molecule has 0 spiro atoms. The highest BCUT2D eigenvalue weighted by Crippen LogP contribution is 2.26. The van der Waals surface area contributed by atoms with Gasteiger partial charge in [-0.3, -0.25) is 14.4 Å². The van der Waals surface area contributed by atoms with E-state index in [1.54, 1.807) is 54.6 Å². The first-order chi connectivity index (χ1) is 13.3. The van der Waals surface area contributed by atoms with Crippen LogP contribution in [0.2, 0.25) is 5.02 Å². The van der Waals surface area contributed by atoms with E-state index in [1.807, 2.05) is 0 Å². The number of nitrogens with two attached hydrogens (primary N) is 2. The Balaban J connectivity index is 2.14. The summed E-state index contributed by atoms with van der Waals surface area (Å²) in [6, 6.07) is 15.7. The predicted octanol–water partition coefficient (Wildman–Crippen LogP) is 1.97. The Kier molecular flexibility index (Phi) is 5.56. The van der Waals surface area contributed by atoms with Gasteiger partial charge in [-0.15, -0.1) is 0 Å². The zero-order valence-corrected chi connectivity index (χ0v) is 15.5. The number of primary amides is 2. The summed E-state index contributed by atoms with van der Waals surface area (Å²) in [5.74, 6) is -2.02. The molecule has 0 aliphatic rings. The first kappa shape index (κ1) is 19.3. The number of halogens is 1. The van der Waals surface area contributed by atoms with Crippen LogP contribution in [0.5, 0.6) is 0 Å². The summed E-state index contributed by atoms with van der Waals surface area (Å²) in [5, 5.41) is 1.17. The maximum absolute atomic E-state index is 13.1. The van der Waals surface area contributed by atoms with Gasteiger partial charge in [0.05, 0.1) is 16.8 Å². The van der Waals surface area contributed by atoms with Crippen LogP contribution in [-0.2, 0) is 9.59 Å². The topological polar surface area (TPSA) is 119 Å². The molecule has 0 unspecified atom stereocenters. The zero-order valence-electron chi connectivity index (χ0n) is 14.8. The molecular weight excluding hydrogens is 380 g/mol. The van der Waals surface area contributed by atoms with Crippen molar-refractivity contribution in [1.29, 1.82) is 0 Å². The second-order valence-electron chi connectivity index (χ2n) is 6.17. The summed E-state index contributed by atoms with van der Waals surface area (Å²) in [6.07, 6.45) is 0. The third kappa shape index (κ3) is 4.27. The fraction of sp³-hybridized carbons (Fsp3) is 0.100. The molecule has 1 aromatic heterocycles. The van der Waals surface area contributed by atoms with Gasteiger partial charge >= 0.3 is 0 Å². The molecule has 7 nitrogen and oxygen atoms in total. The molecule has 0 bridgehead atoms. The lowest BCUT2D eigenvalue weighted by molar-refractivity contribution is -0.121. The molecule has 0 aliphatic heterocycles. The van der Waals surface area contributed by atoms with Crippen molar-refractivity contribution in [2.45, 2.75) is 0 Å². The molecule has 0 fully saturated rings. The Morgan fingerprint density at radius 3 is 2.14 bits per heavy atom. The third-order valence-electron chi connectivity index (χ3n) is 4.07. The van der Waals surface area contributed by atoms with Crippen LogP contribution in [0.25, 0.3) is 22.2 Å². The minimum atomic E-state index is -0.745. The normalized spacial score (nSPS) is 10.6. The summed E-state index contributed by atoms with van der Waals surface area (Å²) >= 11 is 5.95. The molecule has 8 heteroatoms. The van der Waals surface area contributed by atoms with Gasteiger partial charge in [-0.2, -0.15) is 0 Å². The van der Waals surface area contributed by atoms with Crippen molar-refractivity contribution in [2.75, 3.05) is 13.1 Å². The molecule has 0 aliphatic carbocycles. The quantitative estimate of drug-likeness (QED) is 0.661. The van der Waals surface area contributed by atoms with E-state index in [4.69, 9.17) is 23.1 Å². The number of aromatic nitrogens is 1. The summed E-state index contributed by atoms with van der Waals surface area (Å²) in [5.41, 5.74) is 12.6. The second kappa shape index (κ2) is 8.06. The highest BCUT2D eigenvalue weighted by atomic mass is 35.5. The number of hydrogen-bond donors (Lipinski definition) is 2. The minimum Gasteiger partial charge on any atom is -0.368 e. The van der Waals surface area contributed by atoms with Crippen molar-refractivity contribution in [3.63, 3.8) is 0 Å². The standard InChI is InChI=1S/C20H17ClN4O3/c21-13-7-5-12(6-8-13)17-9-15(14-3-1-2-4-16(14)24-17)20(28)25(10-18(22)26)11-19(23)27/h1-9H,10-11H2,(H2,22,26)(H2,23,27). The maximum atomic E-state index is 13.1. The van der Waals surface area contributed by atoms with Gasteiger partial charge in [-0.05, 0) is 24.3 Å². The van der Waals surface area contributed by atoms with Crippen LogP contribution in [0.15, 0.2) is 54.6 Å². The molecule has 28 heavy (non-hydrogen) atoms. The lowest BCUT2D eigenvalue weighted by Crippen LogP contribution is -2.43. The largest absolute Gasteiger partial charge is 0.368 e. The Morgan fingerprint density at radius 2 is 1.54 bits per heavy atom. The summed E-state index contributed by atoms with van der Waals surface area (Å²) in [7, 11) is 0. The van der Waals surface area contributed by atoms with Gasteiger partial charge in [-0.25, -0.2) is 4.98 Å². The lowest BCUT2D eigenvalue weighted by Gasteiger charge is -2.20. The molecule has 0 saturated carbocycles. The number of carbonyl (C=O) groups is 3. The van der Waals surface area contributed by atoms with Crippen LogP contribution in [0.3, 0.4) is 0 Å². The molecule has 4 N–H and O–H groups in total. The molecule has 1 heterocycles. The minimum absolute atomic E-state index is 0.290. The van der Waals surface area contributed by atoms with E-state index in [0.29, 0.717) is 21.6 Å². The second-order valence-corrected chi connectivity index (χ2v) is 6.61. The van der Waals surface area contributed by atoms with Crippen molar-refractivity contribution in [3.8, 4) is 11.3 Å². The number of fused-ring (bicyclic) bond motifs is 1. The van der Waals surface area contributed by atoms with E-state index in [2.05, 4.69) is 4.98 Å². The summed E-state index contributed by atoms with van der Waals surface area (Å²) in [6.45, 7) is -0.844. The van der Waals surface area contributed by atoms with Gasteiger partial charge in [0, 0.05) is 16.0 Å². The van der Waals surface area contributed by atoms with E-state index in [0.717, 1.165) is 10.5 Å². The van der Waals surface area contributed by atoms with E-state index >= 15 is 0 Å². The van der Waals surface area contributed by atoms with Gasteiger partial charge in [-0.1, -0.05) is 41.9 Å². The van der Waals surface area contributed by atoms with E-state index in [9.17, 15) is 14.4 Å². The summed E-state index contributed by atoms with van der Waals surface area (Å²) in [4.78, 5) is 41.5. The molecule has 142 valence electrons. The Morgan fingerprint density at radius 1 is 0.929 bits per heavy atom. The van der Waals surface area contributed by atoms with Crippen molar-refractivity contribution in [2.24, 2.45) is 11.5 Å². The van der Waals surface area contributed by atoms with E-state index in [1.165, 1.54) is 0 Å². The van der Waals surface area contributed by atoms with Gasteiger partial charge in [0.25, 0.3) is 5.91 Å². The average molecular weight is 397 g/mol. The number of carbonyl (C=O) groups excluding carboxylic acids is 3. The molecule has 3 rings (SSSR count). The maximum Gasteiger partial charge on any atom is 0.255 e. The van der Waals surface area contributed by atoms with Crippen molar-refractivity contribution >= 4 is 40.2 Å². The van der Waals surface area contributed by atoms with Crippen LogP contribution >= 0.6 is 11.6 Å². The molecule has 3 amide bonds. The number of amides is 3. The van der Waals surface area contributed by atoms with Crippen molar-refractivity contribution in [3.05, 3.63) is 65.2 Å². The van der Waals surface area contributed by atoms with Gasteiger partial charge in [0.1, 0.15) is 13.1 Å². The SMILES string of the molecule is NC(=O)CN(CC(N)=O)C(=O)c1cc(-c2ccc(Cl)cc2)nc2ccccc12. The number of nitrogens with zero attached hydrogens (tertiary/aromatic N) is 2. The molecule has 0 radical (unpaired) electrons. The predicted molar refractivity (Wildman–Crippen MR) is 106 cm³/mol. The van der Waals surface area contributed by atoms with E-state index < -0.39 is 30.8 Å². The summed E-state index contributed by atoms with van der Waals surface area (Å²) < 4.78 is 0. The Bertz CT molecular complexity index is 1050. The first-order valence-electron chi connectivity index (χ1n) is 8.37. The van der Waals surface area contributed by atoms with Crippen molar-refractivity contribution < 1.29 is 14.4 Å². The highest BCUT2D eigenvalue weighted by molar-refractivity contribution is 6.30. The first-order valence-corrected chi connectivity index (χ1v) is 8.74. The van der Waals surface area contributed by atoms with Crippen LogP contribution in [0, 0.1) is 0 Å². The lowest BCUT2D eigenvalue weighted by atomic mass is 10.0. The van der Waals surface area contributed by atoms with Crippen LogP contribution in [-0.4, -0.2) is 40.7 Å². The molecule has 0 saturated heterocycles. The van der Waals surface area contributed by atoms with Gasteiger partial charge in [0.15, 0.2) is 0 Å². The van der Waals surface area contributed by atoms with Crippen LogP contribution < -0.4 is 11.5 Å². The van der Waals surface area contributed by atoms with Crippen molar-refractivity contribution in [1.82, 2.24) is 9.88 Å². The van der Waals surface area contributed by atoms with Crippen LogP contribution in [0.1, 0.15) is 10.4 Å². The average Bonchev–Trinajstić information content (AvgIpc) is 2.66. The Hall–Kier alpha value is -3.45. The monoisotopic (exact) mass is 396 g/mol. The van der Waals surface area contributed by atoms with Crippen LogP contribution in [0.4, 0.5) is 0 Å². The fourth-order valence-electron chi connectivity index (χ4n) is 2.87. The number of rotatable bonds is 6. The highest BCUT2D eigenvalue weighted by Gasteiger charge is 2.22. The molecule has 2 aromatic carbocycles. The number of hydrogen-bond acceptors (Lipinski definition) is 4.